The van der Waals surface area contributed by atoms with Gasteiger partial charge in [-0.2, -0.15) is 0 Å². The van der Waals surface area contributed by atoms with Crippen LogP contribution in [0.15, 0.2) is 12.1 Å². The number of fused-ring (bicyclic) bond motifs is 2. The van der Waals surface area contributed by atoms with Gasteiger partial charge < -0.3 is 24.7 Å². The first-order valence-corrected chi connectivity index (χ1v) is 6.90. The second kappa shape index (κ2) is 5.58. The maximum absolute atomic E-state index is 5.57. The van der Waals surface area contributed by atoms with E-state index in [0.29, 0.717) is 13.2 Å². The first-order valence-electron chi connectivity index (χ1n) is 6.90. The van der Waals surface area contributed by atoms with Crippen LogP contribution in [-0.4, -0.2) is 55.3 Å². The lowest BCUT2D eigenvalue weighted by atomic mass is 10.2. The highest BCUT2D eigenvalue weighted by molar-refractivity contribution is 5.81. The van der Waals surface area contributed by atoms with E-state index in [2.05, 4.69) is 34.3 Å². The molecular formula is C14H20N4O2. The summed E-state index contributed by atoms with van der Waals surface area (Å²) in [6, 6.07) is 3.87. The van der Waals surface area contributed by atoms with E-state index in [-0.39, 0.29) is 0 Å². The van der Waals surface area contributed by atoms with Crippen molar-refractivity contribution in [1.29, 1.82) is 0 Å². The van der Waals surface area contributed by atoms with Crippen molar-refractivity contribution >= 4 is 17.0 Å². The molecule has 1 aromatic carbocycles. The Morgan fingerprint density at radius 3 is 2.75 bits per heavy atom. The Morgan fingerprint density at radius 1 is 1.25 bits per heavy atom. The zero-order chi connectivity index (χ0) is 13.9. The molecule has 0 aliphatic carbocycles. The zero-order valence-corrected chi connectivity index (χ0v) is 11.9. The number of rotatable bonds is 5. The Labute approximate surface area is 118 Å². The number of ether oxygens (including phenoxy) is 2. The Bertz CT molecular complexity index is 551. The Morgan fingerprint density at radius 2 is 2.00 bits per heavy atom. The van der Waals surface area contributed by atoms with Gasteiger partial charge in [0.15, 0.2) is 11.5 Å². The molecule has 0 bridgehead atoms. The van der Waals surface area contributed by atoms with E-state index in [1.54, 1.807) is 0 Å². The van der Waals surface area contributed by atoms with Crippen molar-refractivity contribution < 1.29 is 9.47 Å². The summed E-state index contributed by atoms with van der Waals surface area (Å²) in [6.07, 6.45) is 1.08. The van der Waals surface area contributed by atoms with Gasteiger partial charge in [-0.25, -0.2) is 4.98 Å². The molecule has 0 unspecified atom stereocenters. The van der Waals surface area contributed by atoms with Crippen LogP contribution < -0.4 is 14.8 Å². The molecule has 108 valence electrons. The topological polar surface area (TPSA) is 62.4 Å². The van der Waals surface area contributed by atoms with E-state index >= 15 is 0 Å². The molecule has 0 spiro atoms. The molecule has 1 aliphatic rings. The fraction of sp³-hybridized carbons (Fsp3) is 0.500. The third-order valence-corrected chi connectivity index (χ3v) is 3.22. The van der Waals surface area contributed by atoms with Crippen molar-refractivity contribution in [3.05, 3.63) is 12.1 Å². The Balaban J connectivity index is 1.70. The molecule has 0 amide bonds. The number of H-pyrrole nitrogens is 1. The van der Waals surface area contributed by atoms with Crippen LogP contribution in [0.4, 0.5) is 5.95 Å². The van der Waals surface area contributed by atoms with E-state index in [4.69, 9.17) is 9.47 Å². The summed E-state index contributed by atoms with van der Waals surface area (Å²) in [5, 5.41) is 3.31. The molecule has 0 saturated carbocycles. The lowest BCUT2D eigenvalue weighted by Crippen LogP contribution is -2.16. The van der Waals surface area contributed by atoms with Gasteiger partial charge >= 0.3 is 0 Å². The number of nitrogens with zero attached hydrogens (tertiary/aromatic N) is 2. The molecule has 2 N–H and O–H groups in total. The number of benzene rings is 1. The van der Waals surface area contributed by atoms with Crippen LogP contribution in [0.25, 0.3) is 11.0 Å². The van der Waals surface area contributed by atoms with Crippen molar-refractivity contribution in [1.82, 2.24) is 14.9 Å². The number of anilines is 1. The SMILES string of the molecule is CN(C)CCCNc1nc2cc3c(cc2[nH]1)OCCO3. The average molecular weight is 276 g/mol. The zero-order valence-electron chi connectivity index (χ0n) is 11.9. The van der Waals surface area contributed by atoms with Gasteiger partial charge in [0.1, 0.15) is 13.2 Å². The van der Waals surface area contributed by atoms with Crippen molar-refractivity contribution in [2.75, 3.05) is 45.7 Å². The van der Waals surface area contributed by atoms with Crippen LogP contribution in [0.1, 0.15) is 6.42 Å². The van der Waals surface area contributed by atoms with E-state index in [0.717, 1.165) is 48.0 Å². The van der Waals surface area contributed by atoms with Gasteiger partial charge in [-0.05, 0) is 27.1 Å². The summed E-state index contributed by atoms with van der Waals surface area (Å²) in [6.45, 7) is 3.15. The van der Waals surface area contributed by atoms with Gasteiger partial charge in [0, 0.05) is 18.7 Å². The van der Waals surface area contributed by atoms with Crippen LogP contribution in [0.2, 0.25) is 0 Å². The number of aromatic nitrogens is 2. The number of imidazole rings is 1. The molecule has 0 radical (unpaired) electrons. The highest BCUT2D eigenvalue weighted by Gasteiger charge is 2.14. The maximum atomic E-state index is 5.57. The molecule has 0 fully saturated rings. The summed E-state index contributed by atoms with van der Waals surface area (Å²) in [4.78, 5) is 9.95. The number of hydrogen-bond acceptors (Lipinski definition) is 5. The minimum absolute atomic E-state index is 0.596. The lowest BCUT2D eigenvalue weighted by molar-refractivity contribution is 0.172. The summed E-state index contributed by atoms with van der Waals surface area (Å²) < 4.78 is 11.1. The first-order chi connectivity index (χ1) is 9.72. The van der Waals surface area contributed by atoms with Crippen LogP contribution in [0.3, 0.4) is 0 Å². The molecule has 20 heavy (non-hydrogen) atoms. The summed E-state index contributed by atoms with van der Waals surface area (Å²) in [5.41, 5.74) is 1.86. The quantitative estimate of drug-likeness (QED) is 0.814. The first kappa shape index (κ1) is 13.1. The number of aromatic amines is 1. The lowest BCUT2D eigenvalue weighted by Gasteiger charge is -2.17. The van der Waals surface area contributed by atoms with Gasteiger partial charge in [-0.1, -0.05) is 0 Å². The number of hydrogen-bond donors (Lipinski definition) is 2. The monoisotopic (exact) mass is 276 g/mol. The van der Waals surface area contributed by atoms with E-state index in [1.807, 2.05) is 12.1 Å². The summed E-state index contributed by atoms with van der Waals surface area (Å²) in [5.74, 6) is 2.35. The minimum Gasteiger partial charge on any atom is -0.486 e. The predicted octanol–water partition coefficient (Wildman–Crippen LogP) is 1.70. The Hall–Kier alpha value is -1.95. The molecule has 0 atom stereocenters. The summed E-state index contributed by atoms with van der Waals surface area (Å²) in [7, 11) is 4.15. The molecule has 3 rings (SSSR count). The van der Waals surface area contributed by atoms with Gasteiger partial charge in [0.05, 0.1) is 11.0 Å². The number of nitrogens with one attached hydrogen (secondary N) is 2. The molecule has 6 heteroatoms. The van der Waals surface area contributed by atoms with Crippen molar-refractivity contribution in [3.8, 4) is 11.5 Å². The van der Waals surface area contributed by atoms with Gasteiger partial charge in [0.2, 0.25) is 5.95 Å². The maximum Gasteiger partial charge on any atom is 0.201 e. The molecule has 2 aromatic rings. The second-order valence-electron chi connectivity index (χ2n) is 5.18. The third-order valence-electron chi connectivity index (χ3n) is 3.22. The van der Waals surface area contributed by atoms with Crippen LogP contribution in [0.5, 0.6) is 11.5 Å². The van der Waals surface area contributed by atoms with E-state index in [9.17, 15) is 0 Å². The fourth-order valence-corrected chi connectivity index (χ4v) is 2.23. The molecular weight excluding hydrogens is 256 g/mol. The molecule has 6 nitrogen and oxygen atoms in total. The smallest absolute Gasteiger partial charge is 0.201 e. The molecule has 2 heterocycles. The van der Waals surface area contributed by atoms with Crippen LogP contribution >= 0.6 is 0 Å². The molecule has 0 saturated heterocycles. The Kier molecular flexibility index (Phi) is 3.64. The van der Waals surface area contributed by atoms with E-state index in [1.165, 1.54) is 0 Å². The molecule has 1 aliphatic heterocycles. The standard InChI is InChI=1S/C14H20N4O2/c1-18(2)5-3-4-15-14-16-10-8-12-13(9-11(10)17-14)20-7-6-19-12/h8-9H,3-7H2,1-2H3,(H2,15,16,17). The predicted molar refractivity (Wildman–Crippen MR) is 78.7 cm³/mol. The van der Waals surface area contributed by atoms with Gasteiger partial charge in [-0.3, -0.25) is 0 Å². The second-order valence-corrected chi connectivity index (χ2v) is 5.18. The fourth-order valence-electron chi connectivity index (χ4n) is 2.23. The van der Waals surface area contributed by atoms with Crippen LogP contribution in [-0.2, 0) is 0 Å². The third kappa shape index (κ3) is 2.80. The largest absolute Gasteiger partial charge is 0.486 e. The van der Waals surface area contributed by atoms with Crippen molar-refractivity contribution in [2.24, 2.45) is 0 Å². The van der Waals surface area contributed by atoms with Gasteiger partial charge in [0.25, 0.3) is 0 Å². The highest BCUT2D eigenvalue weighted by atomic mass is 16.6. The normalized spacial score (nSPS) is 13.9. The van der Waals surface area contributed by atoms with Crippen LogP contribution in [0, 0.1) is 0 Å². The van der Waals surface area contributed by atoms with E-state index < -0.39 is 0 Å². The van der Waals surface area contributed by atoms with Crippen molar-refractivity contribution in [2.45, 2.75) is 6.42 Å². The average Bonchev–Trinajstić information content (AvgIpc) is 2.82. The van der Waals surface area contributed by atoms with Gasteiger partial charge in [-0.15, -0.1) is 0 Å². The summed E-state index contributed by atoms with van der Waals surface area (Å²) >= 11 is 0. The highest BCUT2D eigenvalue weighted by Crippen LogP contribution is 2.34. The molecule has 1 aromatic heterocycles. The van der Waals surface area contributed by atoms with Crippen molar-refractivity contribution in [3.63, 3.8) is 0 Å². The minimum atomic E-state index is 0.596.